The van der Waals surface area contributed by atoms with Crippen LogP contribution < -0.4 is 5.43 Å². The molecule has 0 fully saturated rings. The third-order valence-electron chi connectivity index (χ3n) is 3.02. The molecule has 0 spiro atoms. The fourth-order valence-electron chi connectivity index (χ4n) is 2.14. The van der Waals surface area contributed by atoms with Gasteiger partial charge in [-0.2, -0.15) is 0 Å². The van der Waals surface area contributed by atoms with Crippen molar-refractivity contribution in [1.29, 1.82) is 0 Å². The van der Waals surface area contributed by atoms with Crippen molar-refractivity contribution in [1.82, 2.24) is 4.57 Å². The van der Waals surface area contributed by atoms with Gasteiger partial charge in [-0.3, -0.25) is 4.79 Å². The van der Waals surface area contributed by atoms with Gasteiger partial charge in [0.2, 0.25) is 5.43 Å². The molecule has 2 heterocycles. The van der Waals surface area contributed by atoms with Crippen molar-refractivity contribution in [2.45, 2.75) is 6.61 Å². The molecule has 17 heavy (non-hydrogen) atoms. The molecule has 3 rings (SSSR count). The van der Waals surface area contributed by atoms with Gasteiger partial charge in [0.15, 0.2) is 5.58 Å². The number of benzene rings is 1. The SMILES string of the molecule is Cn1c(CO)cc(=O)c2oc3ccccc3c21. The van der Waals surface area contributed by atoms with Crippen LogP contribution in [0, 0.1) is 0 Å². The van der Waals surface area contributed by atoms with Gasteiger partial charge in [0.1, 0.15) is 5.58 Å². The van der Waals surface area contributed by atoms with E-state index in [1.54, 1.807) is 4.57 Å². The van der Waals surface area contributed by atoms with Crippen molar-refractivity contribution < 1.29 is 9.52 Å². The number of aromatic nitrogens is 1. The molecule has 0 aliphatic rings. The zero-order valence-corrected chi connectivity index (χ0v) is 9.30. The first-order valence-electron chi connectivity index (χ1n) is 5.33. The topological polar surface area (TPSA) is 55.4 Å². The van der Waals surface area contributed by atoms with Crippen LogP contribution in [-0.4, -0.2) is 9.67 Å². The molecule has 2 aromatic heterocycles. The molecule has 1 N–H and O–H groups in total. The fraction of sp³-hybridized carbons (Fsp3) is 0.154. The highest BCUT2D eigenvalue weighted by molar-refractivity contribution is 6.02. The van der Waals surface area contributed by atoms with Gasteiger partial charge >= 0.3 is 0 Å². The van der Waals surface area contributed by atoms with Crippen LogP contribution in [0.4, 0.5) is 0 Å². The average Bonchev–Trinajstić information content (AvgIpc) is 2.73. The molecule has 0 bridgehead atoms. The minimum atomic E-state index is -0.196. The van der Waals surface area contributed by atoms with E-state index in [1.165, 1.54) is 6.07 Å². The summed E-state index contributed by atoms with van der Waals surface area (Å²) in [6.07, 6.45) is 0. The standard InChI is InChI=1S/C13H11NO3/c1-14-8(7-15)6-10(16)13-12(14)9-4-2-3-5-11(9)17-13/h2-6,15H,7H2,1H3. The number of pyridine rings is 1. The van der Waals surface area contributed by atoms with E-state index in [1.807, 2.05) is 31.3 Å². The fourth-order valence-corrected chi connectivity index (χ4v) is 2.14. The molecule has 0 unspecified atom stereocenters. The van der Waals surface area contributed by atoms with Crippen LogP contribution in [0.25, 0.3) is 22.1 Å². The lowest BCUT2D eigenvalue weighted by Gasteiger charge is -2.06. The molecule has 86 valence electrons. The normalized spacial score (nSPS) is 11.4. The van der Waals surface area contributed by atoms with Gasteiger partial charge in [-0.25, -0.2) is 0 Å². The number of fused-ring (bicyclic) bond motifs is 3. The van der Waals surface area contributed by atoms with E-state index in [9.17, 15) is 9.90 Å². The van der Waals surface area contributed by atoms with Gasteiger partial charge in [0.25, 0.3) is 0 Å². The molecule has 0 saturated heterocycles. The maximum absolute atomic E-state index is 11.9. The number of furan rings is 1. The maximum atomic E-state index is 11.9. The first kappa shape index (κ1) is 10.1. The van der Waals surface area contributed by atoms with Crippen molar-refractivity contribution in [2.75, 3.05) is 0 Å². The highest BCUT2D eigenvalue weighted by Gasteiger charge is 2.13. The Morgan fingerprint density at radius 1 is 1.35 bits per heavy atom. The number of hydrogen-bond donors (Lipinski definition) is 1. The molecule has 0 aliphatic heterocycles. The summed E-state index contributed by atoms with van der Waals surface area (Å²) in [4.78, 5) is 11.9. The predicted molar refractivity (Wildman–Crippen MR) is 64.9 cm³/mol. The van der Waals surface area contributed by atoms with E-state index >= 15 is 0 Å². The number of nitrogens with zero attached hydrogens (tertiary/aromatic N) is 1. The number of aryl methyl sites for hydroxylation is 1. The van der Waals surface area contributed by atoms with Crippen LogP contribution >= 0.6 is 0 Å². The number of para-hydroxylation sites is 1. The molecule has 4 nitrogen and oxygen atoms in total. The van der Waals surface area contributed by atoms with Crippen LogP contribution in [-0.2, 0) is 13.7 Å². The minimum Gasteiger partial charge on any atom is -0.450 e. The molecule has 0 radical (unpaired) electrons. The van der Waals surface area contributed by atoms with Crippen LogP contribution in [0.5, 0.6) is 0 Å². The minimum absolute atomic E-state index is 0.165. The molecular formula is C13H11NO3. The van der Waals surface area contributed by atoms with Gasteiger partial charge in [-0.1, -0.05) is 12.1 Å². The average molecular weight is 229 g/mol. The van der Waals surface area contributed by atoms with Crippen molar-refractivity contribution >= 4 is 22.1 Å². The summed E-state index contributed by atoms with van der Waals surface area (Å²) in [5.41, 5.74) is 2.14. The summed E-state index contributed by atoms with van der Waals surface area (Å²) in [6.45, 7) is -0.165. The van der Waals surface area contributed by atoms with Crippen molar-refractivity contribution in [3.8, 4) is 0 Å². The molecule has 3 aromatic rings. The predicted octanol–water partition coefficient (Wildman–Crippen LogP) is 1.78. The van der Waals surface area contributed by atoms with Gasteiger partial charge in [0.05, 0.1) is 12.1 Å². The maximum Gasteiger partial charge on any atom is 0.225 e. The molecule has 4 heteroatoms. The second-order valence-electron chi connectivity index (χ2n) is 3.99. The highest BCUT2D eigenvalue weighted by Crippen LogP contribution is 2.26. The van der Waals surface area contributed by atoms with Gasteiger partial charge in [0, 0.05) is 24.2 Å². The molecular weight excluding hydrogens is 218 g/mol. The lowest BCUT2D eigenvalue weighted by molar-refractivity contribution is 0.272. The Kier molecular flexibility index (Phi) is 2.06. The zero-order valence-electron chi connectivity index (χ0n) is 9.30. The smallest absolute Gasteiger partial charge is 0.225 e. The number of rotatable bonds is 1. The summed E-state index contributed by atoms with van der Waals surface area (Å²) in [7, 11) is 1.81. The molecule has 1 aromatic carbocycles. The first-order valence-corrected chi connectivity index (χ1v) is 5.33. The molecule has 0 aliphatic carbocycles. The Morgan fingerprint density at radius 2 is 2.12 bits per heavy atom. The van der Waals surface area contributed by atoms with Crippen LogP contribution in [0.1, 0.15) is 5.69 Å². The number of aliphatic hydroxyl groups is 1. The first-order chi connectivity index (χ1) is 8.22. The van der Waals surface area contributed by atoms with Gasteiger partial charge in [-0.15, -0.1) is 0 Å². The lowest BCUT2D eigenvalue weighted by Crippen LogP contribution is -2.10. The Balaban J connectivity index is 2.63. The monoisotopic (exact) mass is 229 g/mol. The van der Waals surface area contributed by atoms with Crippen molar-refractivity contribution in [3.63, 3.8) is 0 Å². The largest absolute Gasteiger partial charge is 0.450 e. The highest BCUT2D eigenvalue weighted by atomic mass is 16.3. The van der Waals surface area contributed by atoms with E-state index in [0.29, 0.717) is 16.9 Å². The summed E-state index contributed by atoms with van der Waals surface area (Å²) in [5, 5.41) is 10.1. The summed E-state index contributed by atoms with van der Waals surface area (Å²) in [6, 6.07) is 8.90. The second-order valence-corrected chi connectivity index (χ2v) is 3.99. The van der Waals surface area contributed by atoms with E-state index in [0.717, 1.165) is 10.9 Å². The van der Waals surface area contributed by atoms with E-state index < -0.39 is 0 Å². The number of hydrogen-bond acceptors (Lipinski definition) is 3. The van der Waals surface area contributed by atoms with Gasteiger partial charge in [-0.05, 0) is 12.1 Å². The molecule has 0 atom stereocenters. The van der Waals surface area contributed by atoms with E-state index in [4.69, 9.17) is 4.42 Å². The third kappa shape index (κ3) is 1.31. The van der Waals surface area contributed by atoms with Crippen LogP contribution in [0.2, 0.25) is 0 Å². The number of aliphatic hydroxyl groups excluding tert-OH is 1. The van der Waals surface area contributed by atoms with Crippen LogP contribution in [0.3, 0.4) is 0 Å². The van der Waals surface area contributed by atoms with Gasteiger partial charge < -0.3 is 14.1 Å². The Labute approximate surface area is 96.7 Å². The van der Waals surface area contributed by atoms with Crippen molar-refractivity contribution in [3.05, 3.63) is 46.2 Å². The molecule has 0 saturated carbocycles. The summed E-state index contributed by atoms with van der Waals surface area (Å²) >= 11 is 0. The second kappa shape index (κ2) is 3.46. The van der Waals surface area contributed by atoms with Crippen LogP contribution in [0.15, 0.2) is 39.5 Å². The lowest BCUT2D eigenvalue weighted by atomic mass is 10.2. The summed E-state index contributed by atoms with van der Waals surface area (Å²) < 4.78 is 7.34. The van der Waals surface area contributed by atoms with E-state index in [2.05, 4.69) is 0 Å². The Bertz CT molecular complexity index is 767. The Hall–Kier alpha value is -2.07. The Morgan fingerprint density at radius 3 is 2.88 bits per heavy atom. The quantitative estimate of drug-likeness (QED) is 0.692. The summed E-state index contributed by atoms with van der Waals surface area (Å²) in [5.74, 6) is 0. The zero-order chi connectivity index (χ0) is 12.0. The van der Waals surface area contributed by atoms with E-state index in [-0.39, 0.29) is 12.0 Å². The van der Waals surface area contributed by atoms with Crippen molar-refractivity contribution in [2.24, 2.45) is 7.05 Å². The molecule has 0 amide bonds. The third-order valence-corrected chi connectivity index (χ3v) is 3.02.